The zero-order valence-corrected chi connectivity index (χ0v) is 7.02. The van der Waals surface area contributed by atoms with Crippen LogP contribution in [0.25, 0.3) is 0 Å². The van der Waals surface area contributed by atoms with Crippen molar-refractivity contribution in [3.05, 3.63) is 30.1 Å². The number of aliphatic carboxylic acids is 1. The second kappa shape index (κ2) is 3.67. The van der Waals surface area contributed by atoms with Gasteiger partial charge in [-0.15, -0.1) is 0 Å². The minimum Gasteiger partial charge on any atom is -0.477 e. The Balaban J connectivity index is 2.96. The Morgan fingerprint density at radius 3 is 2.71 bits per heavy atom. The molecular weight excluding hydrogens is 194 g/mol. The zero-order chi connectivity index (χ0) is 10.8. The Hall–Kier alpha value is -1.56. The summed E-state index contributed by atoms with van der Waals surface area (Å²) in [6.45, 7) is 0. The molecule has 1 heterocycles. The van der Waals surface area contributed by atoms with Crippen LogP contribution in [-0.2, 0) is 4.79 Å². The van der Waals surface area contributed by atoms with Crippen LogP contribution in [0.15, 0.2) is 24.5 Å². The molecule has 0 radical (unpaired) electrons. The maximum absolute atomic E-state index is 12.9. The van der Waals surface area contributed by atoms with E-state index in [9.17, 15) is 13.6 Å². The molecule has 0 saturated heterocycles. The highest BCUT2D eigenvalue weighted by Gasteiger charge is 2.46. The van der Waals surface area contributed by atoms with Gasteiger partial charge >= 0.3 is 11.9 Å². The fraction of sp³-hybridized carbons (Fsp3) is 0.250. The average Bonchev–Trinajstić information content (AvgIpc) is 2.17. The van der Waals surface area contributed by atoms with Crippen molar-refractivity contribution < 1.29 is 18.7 Å². The van der Waals surface area contributed by atoms with Gasteiger partial charge in [0.2, 0.25) is 0 Å². The molecule has 0 amide bonds. The first-order chi connectivity index (χ1) is 6.46. The van der Waals surface area contributed by atoms with Gasteiger partial charge in [-0.05, 0) is 11.6 Å². The van der Waals surface area contributed by atoms with Crippen LogP contribution in [0.4, 0.5) is 8.78 Å². The number of nitrogens with two attached hydrogens (primary N) is 1. The number of hydrogen-bond donors (Lipinski definition) is 2. The molecule has 0 bridgehead atoms. The minimum absolute atomic E-state index is 0.0140. The quantitative estimate of drug-likeness (QED) is 0.760. The van der Waals surface area contributed by atoms with E-state index in [2.05, 4.69) is 4.98 Å². The van der Waals surface area contributed by atoms with Crippen LogP contribution >= 0.6 is 0 Å². The highest BCUT2D eigenvalue weighted by molar-refractivity contribution is 5.76. The van der Waals surface area contributed by atoms with Crippen LogP contribution in [0.5, 0.6) is 0 Å². The predicted molar refractivity (Wildman–Crippen MR) is 43.7 cm³/mol. The number of carboxylic acid groups (broad SMARTS) is 1. The van der Waals surface area contributed by atoms with E-state index < -0.39 is 17.9 Å². The van der Waals surface area contributed by atoms with Crippen molar-refractivity contribution in [2.24, 2.45) is 5.73 Å². The van der Waals surface area contributed by atoms with Crippen molar-refractivity contribution in [3.8, 4) is 0 Å². The summed E-state index contributed by atoms with van der Waals surface area (Å²) < 4.78 is 25.7. The molecular formula is C8H8F2N2O2. The van der Waals surface area contributed by atoms with Crippen molar-refractivity contribution in [1.82, 2.24) is 4.98 Å². The van der Waals surface area contributed by atoms with Gasteiger partial charge in [-0.2, -0.15) is 8.78 Å². The Kier molecular flexibility index (Phi) is 2.76. The summed E-state index contributed by atoms with van der Waals surface area (Å²) in [6.07, 6.45) is 2.50. The molecule has 1 rings (SSSR count). The maximum Gasteiger partial charge on any atom is 0.376 e. The maximum atomic E-state index is 12.9. The van der Waals surface area contributed by atoms with Crippen LogP contribution < -0.4 is 5.73 Å². The van der Waals surface area contributed by atoms with Crippen LogP contribution in [0.1, 0.15) is 11.6 Å². The number of hydrogen-bond acceptors (Lipinski definition) is 3. The summed E-state index contributed by atoms with van der Waals surface area (Å²) in [5, 5.41) is 8.22. The number of aromatic nitrogens is 1. The second-order valence-electron chi connectivity index (χ2n) is 2.69. The van der Waals surface area contributed by atoms with Gasteiger partial charge in [-0.3, -0.25) is 4.98 Å². The van der Waals surface area contributed by atoms with E-state index in [0.29, 0.717) is 0 Å². The Morgan fingerprint density at radius 1 is 1.64 bits per heavy atom. The first-order valence-electron chi connectivity index (χ1n) is 3.73. The molecule has 0 saturated carbocycles. The third-order valence-electron chi connectivity index (χ3n) is 1.72. The van der Waals surface area contributed by atoms with E-state index in [1.807, 2.05) is 0 Å². The molecule has 6 heteroatoms. The van der Waals surface area contributed by atoms with E-state index in [1.54, 1.807) is 0 Å². The van der Waals surface area contributed by atoms with Gasteiger partial charge in [-0.25, -0.2) is 4.79 Å². The summed E-state index contributed by atoms with van der Waals surface area (Å²) in [4.78, 5) is 13.8. The van der Waals surface area contributed by atoms with Gasteiger partial charge in [0.1, 0.15) is 6.04 Å². The first-order valence-corrected chi connectivity index (χ1v) is 3.73. The molecule has 0 spiro atoms. The third-order valence-corrected chi connectivity index (χ3v) is 1.72. The minimum atomic E-state index is -3.98. The fourth-order valence-corrected chi connectivity index (χ4v) is 0.902. The zero-order valence-electron chi connectivity index (χ0n) is 7.02. The van der Waals surface area contributed by atoms with E-state index in [-0.39, 0.29) is 5.56 Å². The normalized spacial score (nSPS) is 13.6. The molecule has 0 aliphatic rings. The molecule has 3 N–H and O–H groups in total. The van der Waals surface area contributed by atoms with E-state index >= 15 is 0 Å². The molecule has 0 unspecified atom stereocenters. The molecule has 0 aliphatic heterocycles. The van der Waals surface area contributed by atoms with Gasteiger partial charge in [0.05, 0.1) is 0 Å². The highest BCUT2D eigenvalue weighted by Crippen LogP contribution is 2.28. The number of carbonyl (C=O) groups is 1. The predicted octanol–water partition coefficient (Wildman–Crippen LogP) is 0.801. The third kappa shape index (κ3) is 1.85. The number of halogens is 2. The lowest BCUT2D eigenvalue weighted by atomic mass is 10.0. The number of pyridine rings is 1. The van der Waals surface area contributed by atoms with E-state index in [0.717, 1.165) is 6.20 Å². The summed E-state index contributed by atoms with van der Waals surface area (Å²) in [5.41, 5.74) is 5.09. The van der Waals surface area contributed by atoms with Crippen molar-refractivity contribution in [2.75, 3.05) is 0 Å². The van der Waals surface area contributed by atoms with Gasteiger partial charge in [0.25, 0.3) is 0 Å². The van der Waals surface area contributed by atoms with E-state index in [1.165, 1.54) is 18.3 Å². The standard InChI is InChI=1S/C8H8F2N2O2/c9-8(10,7(13)14)6(11)5-2-1-3-12-4-5/h1-4,6H,11H2,(H,13,14)/t6-/m0/s1. The Bertz CT molecular complexity index is 329. The van der Waals surface area contributed by atoms with Crippen molar-refractivity contribution in [1.29, 1.82) is 0 Å². The molecule has 1 aromatic heterocycles. The van der Waals surface area contributed by atoms with Gasteiger partial charge in [0.15, 0.2) is 0 Å². The van der Waals surface area contributed by atoms with Crippen molar-refractivity contribution in [3.63, 3.8) is 0 Å². The molecule has 0 aliphatic carbocycles. The number of nitrogens with zero attached hydrogens (tertiary/aromatic N) is 1. The lowest BCUT2D eigenvalue weighted by Gasteiger charge is -2.18. The topological polar surface area (TPSA) is 76.2 Å². The lowest BCUT2D eigenvalue weighted by molar-refractivity contribution is -0.168. The van der Waals surface area contributed by atoms with Crippen LogP contribution in [-0.4, -0.2) is 22.0 Å². The monoisotopic (exact) mass is 202 g/mol. The van der Waals surface area contributed by atoms with Gasteiger partial charge in [0, 0.05) is 12.4 Å². The van der Waals surface area contributed by atoms with Crippen molar-refractivity contribution >= 4 is 5.97 Å². The SMILES string of the molecule is N[C@@H](c1cccnc1)C(F)(F)C(=O)O. The fourth-order valence-electron chi connectivity index (χ4n) is 0.902. The van der Waals surface area contributed by atoms with Crippen molar-refractivity contribution in [2.45, 2.75) is 12.0 Å². The largest absolute Gasteiger partial charge is 0.477 e. The summed E-state index contributed by atoms with van der Waals surface area (Å²) in [5.74, 6) is -6.22. The number of rotatable bonds is 3. The molecule has 1 aromatic rings. The Morgan fingerprint density at radius 2 is 2.29 bits per heavy atom. The molecule has 0 aromatic carbocycles. The smallest absolute Gasteiger partial charge is 0.376 e. The van der Waals surface area contributed by atoms with Gasteiger partial charge < -0.3 is 10.8 Å². The average molecular weight is 202 g/mol. The first kappa shape index (κ1) is 10.5. The number of alkyl halides is 2. The molecule has 14 heavy (non-hydrogen) atoms. The number of carboxylic acids is 1. The Labute approximate surface area is 78.4 Å². The van der Waals surface area contributed by atoms with Crippen LogP contribution in [0.3, 0.4) is 0 Å². The van der Waals surface area contributed by atoms with Crippen LogP contribution in [0, 0.1) is 0 Å². The lowest BCUT2D eigenvalue weighted by Crippen LogP contribution is -2.40. The summed E-state index contributed by atoms with van der Waals surface area (Å²) in [7, 11) is 0. The van der Waals surface area contributed by atoms with Crippen LogP contribution in [0.2, 0.25) is 0 Å². The summed E-state index contributed by atoms with van der Waals surface area (Å²) >= 11 is 0. The van der Waals surface area contributed by atoms with E-state index in [4.69, 9.17) is 10.8 Å². The molecule has 1 atom stereocenters. The second-order valence-corrected chi connectivity index (χ2v) is 2.69. The molecule has 4 nitrogen and oxygen atoms in total. The van der Waals surface area contributed by atoms with Gasteiger partial charge in [-0.1, -0.05) is 6.07 Å². The molecule has 0 fully saturated rings. The highest BCUT2D eigenvalue weighted by atomic mass is 19.3. The summed E-state index contributed by atoms with van der Waals surface area (Å²) in [6, 6.07) is 0.829. The molecule has 76 valence electrons.